The topological polar surface area (TPSA) is 79.7 Å². The van der Waals surface area contributed by atoms with Crippen molar-refractivity contribution in [3.05, 3.63) is 16.1 Å². The molecule has 2 rings (SSSR count). The first-order chi connectivity index (χ1) is 11.4. The highest BCUT2D eigenvalue weighted by Crippen LogP contribution is 2.31. The zero-order chi connectivity index (χ0) is 17.7. The van der Waals surface area contributed by atoms with E-state index in [0.29, 0.717) is 26.0 Å². The van der Waals surface area contributed by atoms with Gasteiger partial charge in [0.15, 0.2) is 0 Å². The number of carbonyl (C=O) groups is 2. The molecule has 3 atom stereocenters. The molecule has 1 aromatic rings. The lowest BCUT2D eigenvalue weighted by molar-refractivity contribution is -0.145. The van der Waals surface area contributed by atoms with Crippen LogP contribution in [0.15, 0.2) is 5.38 Å². The van der Waals surface area contributed by atoms with Crippen LogP contribution in [0.25, 0.3) is 0 Å². The Bertz CT molecular complexity index is 575. The fourth-order valence-corrected chi connectivity index (χ4v) is 3.99. The summed E-state index contributed by atoms with van der Waals surface area (Å²) in [4.78, 5) is 30.0. The van der Waals surface area contributed by atoms with Crippen LogP contribution in [0.1, 0.15) is 56.3 Å². The molecule has 1 fully saturated rings. The number of rotatable bonds is 7. The SMILES string of the molecule is CCOC(C)c1nc(CN(C)C(=O)C2CCCC(C(=O)O)C2)cs1. The van der Waals surface area contributed by atoms with Crippen molar-refractivity contribution >= 4 is 23.2 Å². The van der Waals surface area contributed by atoms with Gasteiger partial charge in [0.1, 0.15) is 11.1 Å². The monoisotopic (exact) mass is 354 g/mol. The van der Waals surface area contributed by atoms with E-state index in [9.17, 15) is 9.59 Å². The third kappa shape index (κ3) is 4.77. The van der Waals surface area contributed by atoms with Crippen LogP contribution >= 0.6 is 11.3 Å². The molecule has 1 aliphatic carbocycles. The van der Waals surface area contributed by atoms with Crippen LogP contribution in [0.3, 0.4) is 0 Å². The van der Waals surface area contributed by atoms with E-state index in [2.05, 4.69) is 4.98 Å². The van der Waals surface area contributed by atoms with Gasteiger partial charge in [-0.25, -0.2) is 4.98 Å². The van der Waals surface area contributed by atoms with Crippen LogP contribution in [-0.2, 0) is 20.9 Å². The van der Waals surface area contributed by atoms with Gasteiger partial charge in [0, 0.05) is 25.0 Å². The van der Waals surface area contributed by atoms with Crippen molar-refractivity contribution in [3.63, 3.8) is 0 Å². The van der Waals surface area contributed by atoms with Gasteiger partial charge in [0.05, 0.1) is 18.2 Å². The molecular formula is C17H26N2O4S. The summed E-state index contributed by atoms with van der Waals surface area (Å²) in [5, 5.41) is 12.0. The summed E-state index contributed by atoms with van der Waals surface area (Å²) in [5.41, 5.74) is 0.850. The Kier molecular flexibility index (Phi) is 6.74. The smallest absolute Gasteiger partial charge is 0.306 e. The number of carboxylic acids is 1. The fourth-order valence-electron chi connectivity index (χ4n) is 3.17. The molecule has 1 aliphatic rings. The predicted molar refractivity (Wildman–Crippen MR) is 91.7 cm³/mol. The molecule has 0 saturated heterocycles. The second kappa shape index (κ2) is 8.58. The largest absolute Gasteiger partial charge is 0.481 e. The van der Waals surface area contributed by atoms with Gasteiger partial charge in [-0.2, -0.15) is 0 Å². The summed E-state index contributed by atoms with van der Waals surface area (Å²) in [6, 6.07) is 0. The molecule has 1 amide bonds. The Hall–Kier alpha value is -1.47. The Morgan fingerprint density at radius 3 is 2.83 bits per heavy atom. The van der Waals surface area contributed by atoms with Crippen LogP contribution in [0.5, 0.6) is 0 Å². The second-order valence-corrected chi connectivity index (χ2v) is 7.26. The number of carbonyl (C=O) groups excluding carboxylic acids is 1. The number of nitrogens with zero attached hydrogens (tertiary/aromatic N) is 2. The minimum Gasteiger partial charge on any atom is -0.481 e. The van der Waals surface area contributed by atoms with Crippen molar-refractivity contribution in [1.82, 2.24) is 9.88 Å². The molecule has 1 saturated carbocycles. The van der Waals surface area contributed by atoms with E-state index in [1.807, 2.05) is 19.2 Å². The molecule has 1 heterocycles. The van der Waals surface area contributed by atoms with E-state index in [1.54, 1.807) is 11.9 Å². The first-order valence-electron chi connectivity index (χ1n) is 8.46. The predicted octanol–water partition coefficient (Wildman–Crippen LogP) is 3.09. The number of aromatic nitrogens is 1. The highest BCUT2D eigenvalue weighted by Gasteiger charge is 2.32. The fraction of sp³-hybridized carbons (Fsp3) is 0.706. The van der Waals surface area contributed by atoms with Gasteiger partial charge in [-0.3, -0.25) is 9.59 Å². The molecule has 0 aliphatic heterocycles. The Balaban J connectivity index is 1.93. The normalized spacial score (nSPS) is 22.1. The summed E-state index contributed by atoms with van der Waals surface area (Å²) in [7, 11) is 1.76. The molecule has 1 N–H and O–H groups in total. The summed E-state index contributed by atoms with van der Waals surface area (Å²) < 4.78 is 5.53. The number of hydrogen-bond acceptors (Lipinski definition) is 5. The van der Waals surface area contributed by atoms with E-state index in [1.165, 1.54) is 11.3 Å². The van der Waals surface area contributed by atoms with Gasteiger partial charge in [0.25, 0.3) is 0 Å². The van der Waals surface area contributed by atoms with Crippen molar-refractivity contribution in [1.29, 1.82) is 0 Å². The highest BCUT2D eigenvalue weighted by atomic mass is 32.1. The summed E-state index contributed by atoms with van der Waals surface area (Å²) >= 11 is 1.54. The molecule has 24 heavy (non-hydrogen) atoms. The maximum Gasteiger partial charge on any atom is 0.306 e. The van der Waals surface area contributed by atoms with Gasteiger partial charge < -0.3 is 14.7 Å². The molecule has 0 aromatic carbocycles. The van der Waals surface area contributed by atoms with Crippen molar-refractivity contribution in [3.8, 4) is 0 Å². The van der Waals surface area contributed by atoms with E-state index in [4.69, 9.17) is 9.84 Å². The number of thiazole rings is 1. The number of hydrogen-bond donors (Lipinski definition) is 1. The van der Waals surface area contributed by atoms with E-state index in [0.717, 1.165) is 23.5 Å². The third-order valence-corrected chi connectivity index (χ3v) is 5.54. The minimum atomic E-state index is -0.788. The number of aliphatic carboxylic acids is 1. The van der Waals surface area contributed by atoms with Crippen molar-refractivity contribution in [2.75, 3.05) is 13.7 Å². The van der Waals surface area contributed by atoms with Crippen molar-refractivity contribution < 1.29 is 19.4 Å². The Morgan fingerprint density at radius 1 is 1.46 bits per heavy atom. The van der Waals surface area contributed by atoms with Crippen molar-refractivity contribution in [2.45, 2.75) is 52.2 Å². The van der Waals surface area contributed by atoms with Gasteiger partial charge in [-0.05, 0) is 33.1 Å². The third-order valence-electron chi connectivity index (χ3n) is 4.48. The lowest BCUT2D eigenvalue weighted by atomic mass is 9.81. The molecular weight excluding hydrogens is 328 g/mol. The van der Waals surface area contributed by atoms with Crippen LogP contribution in [-0.4, -0.2) is 40.5 Å². The van der Waals surface area contributed by atoms with Gasteiger partial charge >= 0.3 is 5.97 Å². The average Bonchev–Trinajstić information content (AvgIpc) is 3.03. The Morgan fingerprint density at radius 2 is 2.17 bits per heavy atom. The number of carboxylic acid groups (broad SMARTS) is 1. The van der Waals surface area contributed by atoms with Crippen LogP contribution in [0.4, 0.5) is 0 Å². The first kappa shape index (κ1) is 18.9. The van der Waals surface area contributed by atoms with E-state index >= 15 is 0 Å². The van der Waals surface area contributed by atoms with E-state index < -0.39 is 5.97 Å². The lowest BCUT2D eigenvalue weighted by Gasteiger charge is -2.29. The van der Waals surface area contributed by atoms with Crippen LogP contribution in [0.2, 0.25) is 0 Å². The average molecular weight is 354 g/mol. The van der Waals surface area contributed by atoms with Gasteiger partial charge in [-0.1, -0.05) is 6.42 Å². The zero-order valence-corrected chi connectivity index (χ0v) is 15.3. The quantitative estimate of drug-likeness (QED) is 0.814. The highest BCUT2D eigenvalue weighted by molar-refractivity contribution is 7.09. The summed E-state index contributed by atoms with van der Waals surface area (Å²) in [6.45, 7) is 5.00. The van der Waals surface area contributed by atoms with Crippen LogP contribution < -0.4 is 0 Å². The molecule has 0 radical (unpaired) electrons. The summed E-state index contributed by atoms with van der Waals surface area (Å²) in [6.07, 6.45) is 2.66. The minimum absolute atomic E-state index is 0.0216. The Labute approximate surface area is 146 Å². The zero-order valence-electron chi connectivity index (χ0n) is 14.5. The molecule has 134 valence electrons. The molecule has 6 nitrogen and oxygen atoms in total. The maximum absolute atomic E-state index is 12.6. The van der Waals surface area contributed by atoms with Gasteiger partial charge in [-0.15, -0.1) is 11.3 Å². The maximum atomic E-state index is 12.6. The van der Waals surface area contributed by atoms with Crippen LogP contribution in [0, 0.1) is 11.8 Å². The molecule has 0 spiro atoms. The lowest BCUT2D eigenvalue weighted by Crippen LogP contribution is -2.36. The standard InChI is InChI=1S/C17H26N2O4S/c1-4-23-11(2)15-18-14(10-24-15)9-19(3)16(20)12-6-5-7-13(8-12)17(21)22/h10-13H,4-9H2,1-3H3,(H,21,22). The molecule has 1 aromatic heterocycles. The number of ether oxygens (including phenoxy) is 1. The summed E-state index contributed by atoms with van der Waals surface area (Å²) in [5.74, 6) is -1.35. The molecule has 0 bridgehead atoms. The molecule has 7 heteroatoms. The second-order valence-electron chi connectivity index (χ2n) is 6.37. The van der Waals surface area contributed by atoms with E-state index in [-0.39, 0.29) is 23.8 Å². The van der Waals surface area contributed by atoms with Crippen molar-refractivity contribution in [2.24, 2.45) is 11.8 Å². The number of amides is 1. The first-order valence-corrected chi connectivity index (χ1v) is 9.34. The molecule has 3 unspecified atom stereocenters. The van der Waals surface area contributed by atoms with Gasteiger partial charge in [0.2, 0.25) is 5.91 Å².